The van der Waals surface area contributed by atoms with Crippen LogP contribution in [0, 0.1) is 17.0 Å². The number of amides is 4. The lowest BCUT2D eigenvalue weighted by atomic mass is 9.84. The zero-order valence-corrected chi connectivity index (χ0v) is 50.8. The number of nitrogens with one attached hydrogen (secondary N) is 1. The highest BCUT2D eigenvalue weighted by Crippen LogP contribution is 2.40. The van der Waals surface area contributed by atoms with Gasteiger partial charge in [0, 0.05) is 88.1 Å². The standard InChI is InChI=1S/C61H89F2N5O15S/c1-60(2,3)58(59-65-52(50-43-48(62)17-18-51(50)63)45-66(59)44-47-13-8-7-9-14-47)68(24-11-10-16-57(74)83-61(4,5)6)56(73)46-84-42-23-64-53(70)22-27-76-29-31-78-33-35-80-37-39-82-41-40-81-38-36-79-34-32-77-30-28-75-26-12-15-49(69)21-25-67-54(71)19-20-55(67)72/h7-9,13-14,17-20,43,45,58H,10-12,15-16,21-42,44,46H2,1-6H3,(H,64,70). The number of rotatable bonds is 46. The Hall–Kier alpha value is -5.50. The zero-order valence-electron chi connectivity index (χ0n) is 50.0. The molecule has 20 nitrogen and oxygen atoms in total. The van der Waals surface area contributed by atoms with Gasteiger partial charge in [-0.2, -0.15) is 11.8 Å². The third kappa shape index (κ3) is 29.5. The normalized spacial score (nSPS) is 13.0. The van der Waals surface area contributed by atoms with E-state index in [-0.39, 0.29) is 84.8 Å². The Morgan fingerprint density at radius 3 is 1.75 bits per heavy atom. The van der Waals surface area contributed by atoms with Gasteiger partial charge in [0.15, 0.2) is 0 Å². The number of ether oxygens (including phenoxy) is 9. The predicted molar refractivity (Wildman–Crippen MR) is 313 cm³/mol. The molecule has 1 aromatic heterocycles. The Balaban J connectivity index is 1.02. The summed E-state index contributed by atoms with van der Waals surface area (Å²) in [5.74, 6) is -1.60. The summed E-state index contributed by atoms with van der Waals surface area (Å²) in [6, 6.07) is 12.3. The first kappa shape index (κ1) is 71.0. The molecule has 0 bridgehead atoms. The molecule has 0 fully saturated rings. The van der Waals surface area contributed by atoms with E-state index in [9.17, 15) is 33.2 Å². The number of nitrogens with zero attached hydrogens (tertiary/aromatic N) is 4. The third-order valence-corrected chi connectivity index (χ3v) is 13.4. The van der Waals surface area contributed by atoms with E-state index >= 15 is 4.39 Å². The average Bonchev–Trinajstić information content (AvgIpc) is 2.37. The van der Waals surface area contributed by atoms with E-state index in [4.69, 9.17) is 47.6 Å². The summed E-state index contributed by atoms with van der Waals surface area (Å²) < 4.78 is 81.4. The monoisotopic (exact) mass is 1200 g/mol. The second-order valence-corrected chi connectivity index (χ2v) is 22.8. The summed E-state index contributed by atoms with van der Waals surface area (Å²) >= 11 is 1.38. The molecule has 0 saturated carbocycles. The molecule has 0 spiro atoms. The van der Waals surface area contributed by atoms with Crippen LogP contribution < -0.4 is 5.32 Å². The molecule has 4 amide bonds. The van der Waals surface area contributed by atoms with E-state index < -0.39 is 28.7 Å². The molecule has 1 atom stereocenters. The van der Waals surface area contributed by atoms with Crippen molar-refractivity contribution in [2.24, 2.45) is 5.41 Å². The maximum atomic E-state index is 15.3. The van der Waals surface area contributed by atoms with Crippen LogP contribution in [0.2, 0.25) is 0 Å². The van der Waals surface area contributed by atoms with Gasteiger partial charge in [-0.05, 0) is 69.2 Å². The molecule has 3 aromatic rings. The average molecular weight is 1200 g/mol. The number of carbonyl (C=O) groups excluding carboxylic acids is 6. The molecule has 1 N–H and O–H groups in total. The van der Waals surface area contributed by atoms with Gasteiger partial charge in [0.1, 0.15) is 28.8 Å². The molecule has 1 aliphatic heterocycles. The third-order valence-electron chi connectivity index (χ3n) is 12.5. The fraction of sp³-hybridized carbons (Fsp3) is 0.623. The molecule has 0 radical (unpaired) electrons. The van der Waals surface area contributed by atoms with Gasteiger partial charge in [-0.25, -0.2) is 13.8 Å². The van der Waals surface area contributed by atoms with Crippen molar-refractivity contribution in [1.82, 2.24) is 24.7 Å². The largest absolute Gasteiger partial charge is 0.460 e. The number of halogens is 2. The van der Waals surface area contributed by atoms with Crippen LogP contribution in [0.25, 0.3) is 11.3 Å². The highest BCUT2D eigenvalue weighted by molar-refractivity contribution is 7.99. The fourth-order valence-electron chi connectivity index (χ4n) is 8.50. The number of esters is 1. The molecule has 0 aliphatic carbocycles. The topological polar surface area (TPSA) is 222 Å². The van der Waals surface area contributed by atoms with Crippen molar-refractivity contribution in [2.75, 3.05) is 137 Å². The summed E-state index contributed by atoms with van der Waals surface area (Å²) in [5.41, 5.74) is -0.0137. The van der Waals surface area contributed by atoms with E-state index in [1.54, 1.807) is 11.1 Å². The first-order valence-corrected chi connectivity index (χ1v) is 30.1. The van der Waals surface area contributed by atoms with Crippen LogP contribution in [-0.4, -0.2) is 197 Å². The van der Waals surface area contributed by atoms with E-state index in [1.165, 1.54) is 23.9 Å². The molecule has 2 aromatic carbocycles. The molecule has 468 valence electrons. The molecule has 23 heteroatoms. The zero-order chi connectivity index (χ0) is 61.0. The van der Waals surface area contributed by atoms with Gasteiger partial charge in [0.25, 0.3) is 11.8 Å². The van der Waals surface area contributed by atoms with Crippen molar-refractivity contribution >= 4 is 47.1 Å². The minimum atomic E-state index is -0.625. The van der Waals surface area contributed by atoms with Crippen LogP contribution in [0.5, 0.6) is 0 Å². The number of carbonyl (C=O) groups is 6. The Morgan fingerprint density at radius 2 is 1.20 bits per heavy atom. The Morgan fingerprint density at radius 1 is 0.655 bits per heavy atom. The van der Waals surface area contributed by atoms with Crippen LogP contribution in [0.15, 0.2) is 66.9 Å². The van der Waals surface area contributed by atoms with Gasteiger partial charge in [-0.15, -0.1) is 0 Å². The first-order chi connectivity index (χ1) is 40.3. The summed E-state index contributed by atoms with van der Waals surface area (Å²) in [4.78, 5) is 82.6. The van der Waals surface area contributed by atoms with Crippen LogP contribution in [0.4, 0.5) is 8.78 Å². The Kier molecular flexibility index (Phi) is 33.8. The van der Waals surface area contributed by atoms with Gasteiger partial charge in [0.2, 0.25) is 11.8 Å². The van der Waals surface area contributed by atoms with Crippen molar-refractivity contribution in [1.29, 1.82) is 0 Å². The summed E-state index contributed by atoms with van der Waals surface area (Å²) in [5, 5.41) is 2.89. The lowest BCUT2D eigenvalue weighted by molar-refractivity contribution is -0.155. The number of ketones is 1. The summed E-state index contributed by atoms with van der Waals surface area (Å²) in [7, 11) is 0. The molecule has 1 aliphatic rings. The number of unbranched alkanes of at least 4 members (excludes halogenated alkanes) is 1. The number of thioether (sulfide) groups is 1. The first-order valence-electron chi connectivity index (χ1n) is 28.9. The number of Topliss-reactive ketones (excluding diaryl/α,β-unsaturated/α-hetero) is 1. The summed E-state index contributed by atoms with van der Waals surface area (Å²) in [6.07, 6.45) is 6.45. The van der Waals surface area contributed by atoms with Gasteiger partial charge >= 0.3 is 5.97 Å². The second-order valence-electron chi connectivity index (χ2n) is 21.7. The van der Waals surface area contributed by atoms with E-state index in [1.807, 2.05) is 76.4 Å². The minimum Gasteiger partial charge on any atom is -0.460 e. The molecular formula is C61H89F2N5O15S. The predicted octanol–water partition coefficient (Wildman–Crippen LogP) is 7.34. The maximum absolute atomic E-state index is 15.3. The van der Waals surface area contributed by atoms with Crippen molar-refractivity contribution in [3.63, 3.8) is 0 Å². The maximum Gasteiger partial charge on any atom is 0.306 e. The van der Waals surface area contributed by atoms with Crippen LogP contribution in [-0.2, 0) is 77.9 Å². The number of hydrogen-bond acceptors (Lipinski definition) is 17. The second kappa shape index (κ2) is 40.0. The smallest absolute Gasteiger partial charge is 0.306 e. The van der Waals surface area contributed by atoms with Gasteiger partial charge in [-0.1, -0.05) is 51.1 Å². The molecule has 84 heavy (non-hydrogen) atoms. The van der Waals surface area contributed by atoms with Crippen molar-refractivity contribution in [3.8, 4) is 11.3 Å². The van der Waals surface area contributed by atoms with Crippen molar-refractivity contribution in [2.45, 2.75) is 105 Å². The number of imidazole rings is 1. The van der Waals surface area contributed by atoms with Gasteiger partial charge in [-0.3, -0.25) is 33.7 Å². The van der Waals surface area contributed by atoms with Crippen molar-refractivity contribution in [3.05, 3.63) is 89.9 Å². The summed E-state index contributed by atoms with van der Waals surface area (Å²) in [6.45, 7) is 18.8. The van der Waals surface area contributed by atoms with Gasteiger partial charge < -0.3 is 57.4 Å². The van der Waals surface area contributed by atoms with Crippen LogP contribution in [0.3, 0.4) is 0 Å². The molecule has 0 saturated heterocycles. The number of hydrogen-bond donors (Lipinski definition) is 1. The van der Waals surface area contributed by atoms with Gasteiger partial charge in [0.05, 0.1) is 117 Å². The van der Waals surface area contributed by atoms with Crippen LogP contribution in [0.1, 0.15) is 104 Å². The number of benzene rings is 2. The Bertz CT molecular complexity index is 2450. The van der Waals surface area contributed by atoms with Crippen molar-refractivity contribution < 1.29 is 80.2 Å². The van der Waals surface area contributed by atoms with Crippen LogP contribution >= 0.6 is 11.8 Å². The number of imide groups is 1. The minimum absolute atomic E-state index is 0.00961. The number of aromatic nitrogens is 2. The molecule has 2 heterocycles. The molecule has 1 unspecified atom stereocenters. The lowest BCUT2D eigenvalue weighted by Gasteiger charge is -2.40. The highest BCUT2D eigenvalue weighted by Gasteiger charge is 2.38. The highest BCUT2D eigenvalue weighted by atomic mass is 32.2. The quantitative estimate of drug-likeness (QED) is 0.0332. The lowest BCUT2D eigenvalue weighted by Crippen LogP contribution is -2.44. The molecular weight excluding hydrogens is 1110 g/mol. The molecule has 4 rings (SSSR count). The van der Waals surface area contributed by atoms with E-state index in [0.717, 1.165) is 28.7 Å². The SMILES string of the molecule is CC(C)(C)OC(=O)CCCCN(C(=O)CSCCNC(=O)CCOCCOCCOCCOCCOCCOCCOCCOCCCC(=O)CCN1C(=O)C=CC1=O)C(c1nc(-c2cc(F)ccc2F)cn1Cc1ccccc1)C(C)(C)C. The van der Waals surface area contributed by atoms with E-state index in [2.05, 4.69) is 5.32 Å². The van der Waals surface area contributed by atoms with E-state index in [0.29, 0.717) is 156 Å². The Labute approximate surface area is 498 Å². The fourth-order valence-corrected chi connectivity index (χ4v) is 9.23.